The maximum absolute atomic E-state index is 9.35. The van der Waals surface area contributed by atoms with Crippen molar-refractivity contribution in [2.75, 3.05) is 6.54 Å². The van der Waals surface area contributed by atoms with E-state index in [2.05, 4.69) is 5.06 Å². The van der Waals surface area contributed by atoms with Gasteiger partial charge in [-0.05, 0) is 26.2 Å². The van der Waals surface area contributed by atoms with E-state index < -0.39 is 0 Å². The van der Waals surface area contributed by atoms with Crippen molar-refractivity contribution in [2.45, 2.75) is 50.9 Å². The third-order valence-corrected chi connectivity index (χ3v) is 2.89. The van der Waals surface area contributed by atoms with E-state index in [1.54, 1.807) is 0 Å². The van der Waals surface area contributed by atoms with Crippen molar-refractivity contribution < 1.29 is 9.94 Å². The van der Waals surface area contributed by atoms with Gasteiger partial charge in [-0.2, -0.15) is 5.06 Å². The number of hydrogen-bond acceptors (Lipinski definition) is 3. The summed E-state index contributed by atoms with van der Waals surface area (Å²) in [6.07, 6.45) is 4.53. The fourth-order valence-corrected chi connectivity index (χ4v) is 2.12. The van der Waals surface area contributed by atoms with Crippen LogP contribution in [-0.2, 0) is 4.84 Å². The molecule has 2 aliphatic rings. The minimum atomic E-state index is -0.324. The first-order valence-electron chi connectivity index (χ1n) is 4.89. The van der Waals surface area contributed by atoms with Gasteiger partial charge >= 0.3 is 0 Å². The van der Waals surface area contributed by atoms with Gasteiger partial charge in [0.05, 0.1) is 6.10 Å². The molecule has 0 amide bonds. The van der Waals surface area contributed by atoms with Gasteiger partial charge in [0.15, 0.2) is 0 Å². The van der Waals surface area contributed by atoms with Crippen LogP contribution < -0.4 is 0 Å². The Bertz CT molecular complexity index is 147. The number of hydrogen-bond donors (Lipinski definition) is 1. The highest BCUT2D eigenvalue weighted by atomic mass is 16.7. The van der Waals surface area contributed by atoms with E-state index in [4.69, 9.17) is 4.84 Å². The second-order valence-electron chi connectivity index (χ2n) is 3.91. The van der Waals surface area contributed by atoms with E-state index in [1.807, 2.05) is 6.92 Å². The van der Waals surface area contributed by atoms with Crippen molar-refractivity contribution in [1.29, 1.82) is 0 Å². The van der Waals surface area contributed by atoms with Gasteiger partial charge in [-0.1, -0.05) is 6.42 Å². The average Bonchev–Trinajstić information content (AvgIpc) is 2.46. The largest absolute Gasteiger partial charge is 0.391 e. The Labute approximate surface area is 73.3 Å². The van der Waals surface area contributed by atoms with Gasteiger partial charge in [0.1, 0.15) is 6.10 Å². The molecule has 2 saturated heterocycles. The third kappa shape index (κ3) is 1.49. The highest BCUT2D eigenvalue weighted by molar-refractivity contribution is 4.83. The van der Waals surface area contributed by atoms with Crippen LogP contribution in [0.5, 0.6) is 0 Å². The summed E-state index contributed by atoms with van der Waals surface area (Å²) in [5.74, 6) is 0. The van der Waals surface area contributed by atoms with Crippen LogP contribution in [0, 0.1) is 0 Å². The van der Waals surface area contributed by atoms with Crippen molar-refractivity contribution in [1.82, 2.24) is 5.06 Å². The van der Waals surface area contributed by atoms with Gasteiger partial charge in [0, 0.05) is 12.6 Å². The molecular weight excluding hydrogens is 154 g/mol. The Hall–Kier alpha value is -0.120. The zero-order valence-corrected chi connectivity index (χ0v) is 7.57. The number of piperidine rings is 1. The standard InChI is InChI=1S/C9H17NO2/c1-7(11)9-6-8-4-2-3-5-10(8)12-9/h7-9,11H,2-6H2,1H3/t7-,8-,9+/m0/s1. The number of aliphatic hydroxyl groups is 1. The van der Waals surface area contributed by atoms with Crippen molar-refractivity contribution in [3.05, 3.63) is 0 Å². The topological polar surface area (TPSA) is 32.7 Å². The lowest BCUT2D eigenvalue weighted by Gasteiger charge is -2.26. The maximum Gasteiger partial charge on any atom is 0.106 e. The quantitative estimate of drug-likeness (QED) is 0.637. The van der Waals surface area contributed by atoms with E-state index >= 15 is 0 Å². The summed E-state index contributed by atoms with van der Waals surface area (Å²) in [6, 6.07) is 0.582. The lowest BCUT2D eigenvalue weighted by Crippen LogP contribution is -2.33. The molecule has 3 heteroatoms. The summed E-state index contributed by atoms with van der Waals surface area (Å²) in [5.41, 5.74) is 0. The SMILES string of the molecule is C[C@H](O)[C@H]1C[C@@H]2CCCCN2O1. The molecule has 2 heterocycles. The Balaban J connectivity index is 1.94. The molecule has 2 aliphatic heterocycles. The summed E-state index contributed by atoms with van der Waals surface area (Å²) in [6.45, 7) is 2.86. The van der Waals surface area contributed by atoms with Crippen LogP contribution in [0.2, 0.25) is 0 Å². The first-order chi connectivity index (χ1) is 5.77. The van der Waals surface area contributed by atoms with E-state index in [9.17, 15) is 5.11 Å². The van der Waals surface area contributed by atoms with Crippen LogP contribution >= 0.6 is 0 Å². The summed E-state index contributed by atoms with van der Waals surface area (Å²) in [5, 5.41) is 11.4. The first-order valence-corrected chi connectivity index (χ1v) is 4.89. The second kappa shape index (κ2) is 3.32. The normalized spacial score (nSPS) is 39.5. The van der Waals surface area contributed by atoms with Gasteiger partial charge in [0.25, 0.3) is 0 Å². The van der Waals surface area contributed by atoms with E-state index in [1.165, 1.54) is 19.3 Å². The van der Waals surface area contributed by atoms with Crippen molar-refractivity contribution in [2.24, 2.45) is 0 Å². The first kappa shape index (κ1) is 8.48. The summed E-state index contributed by atoms with van der Waals surface area (Å²) in [4.78, 5) is 5.61. The Morgan fingerprint density at radius 1 is 1.50 bits per heavy atom. The number of aliphatic hydroxyl groups excluding tert-OH is 1. The van der Waals surface area contributed by atoms with Crippen LogP contribution in [0.3, 0.4) is 0 Å². The molecule has 2 rings (SSSR count). The minimum Gasteiger partial charge on any atom is -0.391 e. The monoisotopic (exact) mass is 171 g/mol. The molecule has 0 aromatic carbocycles. The molecule has 0 aliphatic carbocycles. The molecule has 0 unspecified atom stereocenters. The Morgan fingerprint density at radius 2 is 2.33 bits per heavy atom. The molecule has 3 atom stereocenters. The molecule has 0 bridgehead atoms. The maximum atomic E-state index is 9.35. The molecule has 0 spiro atoms. The third-order valence-electron chi connectivity index (χ3n) is 2.89. The smallest absolute Gasteiger partial charge is 0.106 e. The Morgan fingerprint density at radius 3 is 3.00 bits per heavy atom. The van der Waals surface area contributed by atoms with Gasteiger partial charge in [0.2, 0.25) is 0 Å². The highest BCUT2D eigenvalue weighted by Gasteiger charge is 2.36. The molecule has 0 aromatic rings. The van der Waals surface area contributed by atoms with Crippen LogP contribution in [0.25, 0.3) is 0 Å². The molecule has 2 fully saturated rings. The van der Waals surface area contributed by atoms with Crippen molar-refractivity contribution in [3.8, 4) is 0 Å². The lowest BCUT2D eigenvalue weighted by atomic mass is 9.99. The lowest BCUT2D eigenvalue weighted by molar-refractivity contribution is -0.189. The number of nitrogens with zero attached hydrogens (tertiary/aromatic N) is 1. The Kier molecular flexibility index (Phi) is 2.35. The van der Waals surface area contributed by atoms with Gasteiger partial charge in [-0.3, -0.25) is 4.84 Å². The van der Waals surface area contributed by atoms with E-state index in [-0.39, 0.29) is 12.2 Å². The van der Waals surface area contributed by atoms with Crippen LogP contribution in [-0.4, -0.2) is 35.0 Å². The highest BCUT2D eigenvalue weighted by Crippen LogP contribution is 2.30. The van der Waals surface area contributed by atoms with E-state index in [0.29, 0.717) is 6.04 Å². The number of fused-ring (bicyclic) bond motifs is 1. The van der Waals surface area contributed by atoms with Gasteiger partial charge in [-0.15, -0.1) is 0 Å². The van der Waals surface area contributed by atoms with Crippen LogP contribution in [0.1, 0.15) is 32.6 Å². The molecule has 0 aromatic heterocycles. The van der Waals surface area contributed by atoms with Crippen molar-refractivity contribution in [3.63, 3.8) is 0 Å². The molecule has 12 heavy (non-hydrogen) atoms. The molecule has 1 N–H and O–H groups in total. The van der Waals surface area contributed by atoms with Crippen LogP contribution in [0.15, 0.2) is 0 Å². The predicted molar refractivity (Wildman–Crippen MR) is 45.5 cm³/mol. The summed E-state index contributed by atoms with van der Waals surface area (Å²) < 4.78 is 0. The van der Waals surface area contributed by atoms with Crippen molar-refractivity contribution >= 4 is 0 Å². The second-order valence-corrected chi connectivity index (χ2v) is 3.91. The summed E-state index contributed by atoms with van der Waals surface area (Å²) in [7, 11) is 0. The fourth-order valence-electron chi connectivity index (χ4n) is 2.12. The molecule has 0 radical (unpaired) electrons. The molecule has 3 nitrogen and oxygen atoms in total. The van der Waals surface area contributed by atoms with Crippen LogP contribution in [0.4, 0.5) is 0 Å². The van der Waals surface area contributed by atoms with Gasteiger partial charge in [-0.25, -0.2) is 0 Å². The zero-order chi connectivity index (χ0) is 8.55. The molecular formula is C9H17NO2. The zero-order valence-electron chi connectivity index (χ0n) is 7.57. The van der Waals surface area contributed by atoms with E-state index in [0.717, 1.165) is 13.0 Å². The predicted octanol–water partition coefficient (Wildman–Crippen LogP) is 0.926. The fraction of sp³-hybridized carbons (Fsp3) is 1.00. The molecule has 0 saturated carbocycles. The minimum absolute atomic E-state index is 0.0492. The van der Waals surface area contributed by atoms with Gasteiger partial charge < -0.3 is 5.11 Å². The average molecular weight is 171 g/mol. The number of hydroxylamine groups is 2. The summed E-state index contributed by atoms with van der Waals surface area (Å²) >= 11 is 0. The number of rotatable bonds is 1. The molecule has 70 valence electrons.